The number of hydrogen-bond acceptors (Lipinski definition) is 4. The Kier molecular flexibility index (Phi) is 3.65. The van der Waals surface area contributed by atoms with Gasteiger partial charge in [-0.3, -0.25) is 0 Å². The zero-order valence-electron chi connectivity index (χ0n) is 11.1. The normalized spacial score (nSPS) is 10.8. The molecule has 0 amide bonds. The van der Waals surface area contributed by atoms with Gasteiger partial charge in [0.15, 0.2) is 11.5 Å². The van der Waals surface area contributed by atoms with Crippen LogP contribution < -0.4 is 10.5 Å². The van der Waals surface area contributed by atoms with E-state index in [-0.39, 0.29) is 0 Å². The summed E-state index contributed by atoms with van der Waals surface area (Å²) in [6.07, 6.45) is 0.689. The molecule has 0 bridgehead atoms. The summed E-state index contributed by atoms with van der Waals surface area (Å²) in [4.78, 5) is 4.48. The van der Waals surface area contributed by atoms with Crippen LogP contribution in [-0.4, -0.2) is 18.1 Å². The van der Waals surface area contributed by atoms with Gasteiger partial charge in [-0.2, -0.15) is 0 Å². The molecule has 1 aromatic heterocycles. The largest absolute Gasteiger partial charge is 0.492 e. The molecule has 0 spiro atoms. The van der Waals surface area contributed by atoms with Crippen LogP contribution in [0.1, 0.15) is 11.5 Å². The fourth-order valence-corrected chi connectivity index (χ4v) is 2.07. The highest BCUT2D eigenvalue weighted by Crippen LogP contribution is 2.22. The molecule has 0 saturated carbocycles. The Morgan fingerprint density at radius 3 is 2.75 bits per heavy atom. The maximum absolute atomic E-state index is 5.77. The van der Waals surface area contributed by atoms with Gasteiger partial charge in [-0.1, -0.05) is 30.3 Å². The third-order valence-corrected chi connectivity index (χ3v) is 2.99. The van der Waals surface area contributed by atoms with E-state index >= 15 is 0 Å². The molecule has 0 saturated heterocycles. The number of oxazole rings is 1. The lowest BCUT2D eigenvalue weighted by molar-refractivity contribution is 0.328. The van der Waals surface area contributed by atoms with Crippen LogP contribution in [0.4, 0.5) is 0 Å². The quantitative estimate of drug-likeness (QED) is 0.773. The van der Waals surface area contributed by atoms with Crippen molar-refractivity contribution in [3.8, 4) is 5.75 Å². The molecular weight excluding hydrogens is 252 g/mol. The Hall–Kier alpha value is -2.33. The van der Waals surface area contributed by atoms with Crippen LogP contribution in [0.15, 0.2) is 52.9 Å². The highest BCUT2D eigenvalue weighted by atomic mass is 16.5. The number of nitrogens with zero attached hydrogens (tertiary/aromatic N) is 1. The van der Waals surface area contributed by atoms with Crippen LogP contribution >= 0.6 is 0 Å². The molecule has 1 heterocycles. The van der Waals surface area contributed by atoms with Crippen molar-refractivity contribution in [3.05, 3.63) is 60.0 Å². The summed E-state index contributed by atoms with van der Waals surface area (Å²) in [5, 5.41) is 0. The fourth-order valence-electron chi connectivity index (χ4n) is 2.07. The summed E-state index contributed by atoms with van der Waals surface area (Å²) in [5.74, 6) is 1.47. The summed E-state index contributed by atoms with van der Waals surface area (Å²) in [5.41, 5.74) is 8.18. The Labute approximate surface area is 117 Å². The predicted molar refractivity (Wildman–Crippen MR) is 77.8 cm³/mol. The number of nitrogens with two attached hydrogens (primary N) is 1. The van der Waals surface area contributed by atoms with Crippen LogP contribution in [0.5, 0.6) is 5.75 Å². The highest BCUT2D eigenvalue weighted by molar-refractivity contribution is 5.74. The standard InChI is InChI=1S/C16H16N2O2/c17-8-9-19-13-6-7-14-15(11-13)20-16(18-14)10-12-4-2-1-3-5-12/h1-7,11H,8-10,17H2. The lowest BCUT2D eigenvalue weighted by Gasteiger charge is -2.02. The molecule has 0 atom stereocenters. The molecule has 3 aromatic rings. The zero-order chi connectivity index (χ0) is 13.8. The first-order valence-electron chi connectivity index (χ1n) is 6.61. The number of aromatic nitrogens is 1. The molecule has 2 N–H and O–H groups in total. The molecule has 0 aliphatic carbocycles. The minimum Gasteiger partial charge on any atom is -0.492 e. The van der Waals surface area contributed by atoms with E-state index in [1.165, 1.54) is 5.56 Å². The SMILES string of the molecule is NCCOc1ccc2nc(Cc3ccccc3)oc2c1. The molecule has 0 aliphatic rings. The lowest BCUT2D eigenvalue weighted by Crippen LogP contribution is -2.10. The first-order valence-corrected chi connectivity index (χ1v) is 6.61. The van der Waals surface area contributed by atoms with Crippen LogP contribution in [0.3, 0.4) is 0 Å². The van der Waals surface area contributed by atoms with Gasteiger partial charge in [0.1, 0.15) is 17.9 Å². The van der Waals surface area contributed by atoms with Crippen molar-refractivity contribution in [2.24, 2.45) is 5.73 Å². The van der Waals surface area contributed by atoms with Gasteiger partial charge in [0.2, 0.25) is 0 Å². The smallest absolute Gasteiger partial charge is 0.199 e. The number of ether oxygens (including phenoxy) is 1. The molecule has 0 radical (unpaired) electrons. The average Bonchev–Trinajstić information content (AvgIpc) is 2.87. The van der Waals surface area contributed by atoms with Crippen LogP contribution in [0.2, 0.25) is 0 Å². The summed E-state index contributed by atoms with van der Waals surface area (Å²) in [7, 11) is 0. The van der Waals surface area contributed by atoms with E-state index in [0.717, 1.165) is 16.8 Å². The van der Waals surface area contributed by atoms with Gasteiger partial charge in [-0.05, 0) is 17.7 Å². The zero-order valence-corrected chi connectivity index (χ0v) is 11.1. The second kappa shape index (κ2) is 5.75. The van der Waals surface area contributed by atoms with Crippen molar-refractivity contribution in [1.29, 1.82) is 0 Å². The highest BCUT2D eigenvalue weighted by Gasteiger charge is 2.07. The van der Waals surface area contributed by atoms with E-state index in [4.69, 9.17) is 14.9 Å². The summed E-state index contributed by atoms with van der Waals surface area (Å²) in [6.45, 7) is 0.990. The van der Waals surface area contributed by atoms with E-state index in [1.54, 1.807) is 0 Å². The monoisotopic (exact) mass is 268 g/mol. The number of rotatable bonds is 5. The number of fused-ring (bicyclic) bond motifs is 1. The molecular formula is C16H16N2O2. The Balaban J connectivity index is 1.83. The Morgan fingerprint density at radius 2 is 1.95 bits per heavy atom. The maximum atomic E-state index is 5.77. The van der Waals surface area contributed by atoms with Crippen LogP contribution in [0.25, 0.3) is 11.1 Å². The third kappa shape index (κ3) is 2.81. The van der Waals surface area contributed by atoms with Gasteiger partial charge < -0.3 is 14.9 Å². The van der Waals surface area contributed by atoms with Crippen molar-refractivity contribution in [1.82, 2.24) is 4.98 Å². The van der Waals surface area contributed by atoms with Crippen molar-refractivity contribution >= 4 is 11.1 Å². The van der Waals surface area contributed by atoms with Gasteiger partial charge in [-0.15, -0.1) is 0 Å². The van der Waals surface area contributed by atoms with E-state index in [9.17, 15) is 0 Å². The Morgan fingerprint density at radius 1 is 1.10 bits per heavy atom. The molecule has 20 heavy (non-hydrogen) atoms. The molecule has 3 rings (SSSR count). The molecule has 2 aromatic carbocycles. The summed E-state index contributed by atoms with van der Waals surface area (Å²) in [6, 6.07) is 15.8. The first kappa shape index (κ1) is 12.7. The fraction of sp³-hybridized carbons (Fsp3) is 0.188. The van der Waals surface area contributed by atoms with Crippen molar-refractivity contribution < 1.29 is 9.15 Å². The third-order valence-electron chi connectivity index (χ3n) is 2.99. The summed E-state index contributed by atoms with van der Waals surface area (Å²) >= 11 is 0. The topological polar surface area (TPSA) is 61.3 Å². The molecule has 0 aliphatic heterocycles. The van der Waals surface area contributed by atoms with Gasteiger partial charge in [0, 0.05) is 19.0 Å². The number of hydrogen-bond donors (Lipinski definition) is 1. The van der Waals surface area contributed by atoms with Gasteiger partial charge in [-0.25, -0.2) is 4.98 Å². The van der Waals surface area contributed by atoms with Gasteiger partial charge in [0.05, 0.1) is 0 Å². The van der Waals surface area contributed by atoms with Gasteiger partial charge >= 0.3 is 0 Å². The van der Waals surface area contributed by atoms with Crippen molar-refractivity contribution in [2.45, 2.75) is 6.42 Å². The van der Waals surface area contributed by atoms with E-state index in [0.29, 0.717) is 25.5 Å². The first-order chi connectivity index (χ1) is 9.85. The molecule has 4 heteroatoms. The maximum Gasteiger partial charge on any atom is 0.199 e. The average molecular weight is 268 g/mol. The predicted octanol–water partition coefficient (Wildman–Crippen LogP) is 2.76. The van der Waals surface area contributed by atoms with Crippen molar-refractivity contribution in [2.75, 3.05) is 13.2 Å². The van der Waals surface area contributed by atoms with Gasteiger partial charge in [0.25, 0.3) is 0 Å². The van der Waals surface area contributed by atoms with Crippen molar-refractivity contribution in [3.63, 3.8) is 0 Å². The van der Waals surface area contributed by atoms with E-state index < -0.39 is 0 Å². The van der Waals surface area contributed by atoms with E-state index in [2.05, 4.69) is 17.1 Å². The minimum absolute atomic E-state index is 0.494. The Bertz CT molecular complexity index is 692. The lowest BCUT2D eigenvalue weighted by atomic mass is 10.1. The molecule has 0 fully saturated rings. The second-order valence-electron chi connectivity index (χ2n) is 4.54. The van der Waals surface area contributed by atoms with E-state index in [1.807, 2.05) is 36.4 Å². The molecule has 0 unspecified atom stereocenters. The number of benzene rings is 2. The molecule has 102 valence electrons. The summed E-state index contributed by atoms with van der Waals surface area (Å²) < 4.78 is 11.2. The van der Waals surface area contributed by atoms with Crippen LogP contribution in [0, 0.1) is 0 Å². The van der Waals surface area contributed by atoms with Crippen LogP contribution in [-0.2, 0) is 6.42 Å². The molecule has 4 nitrogen and oxygen atoms in total. The second-order valence-corrected chi connectivity index (χ2v) is 4.54. The minimum atomic E-state index is 0.494.